The first kappa shape index (κ1) is 17.0. The first-order chi connectivity index (χ1) is 11.7. The lowest BCUT2D eigenvalue weighted by molar-refractivity contribution is 0.0686. The molecule has 0 saturated carbocycles. The first-order valence-corrected chi connectivity index (χ1v) is 8.17. The van der Waals surface area contributed by atoms with Gasteiger partial charge in [0.2, 0.25) is 0 Å². The minimum absolute atomic E-state index is 0.0261. The minimum Gasteiger partial charge on any atom is -0.477 e. The summed E-state index contributed by atoms with van der Waals surface area (Å²) in [5, 5.41) is 11.1. The molecule has 0 spiro atoms. The Balaban J connectivity index is 2.67. The highest BCUT2D eigenvalue weighted by molar-refractivity contribution is 6.07. The molecule has 0 atom stereocenters. The lowest BCUT2D eigenvalue weighted by atomic mass is 9.89. The van der Waals surface area contributed by atoms with E-state index in [0.717, 1.165) is 27.8 Å². The Labute approximate surface area is 146 Å². The van der Waals surface area contributed by atoms with Crippen molar-refractivity contribution in [3.05, 3.63) is 68.6 Å². The van der Waals surface area contributed by atoms with Crippen LogP contribution in [0.4, 0.5) is 0 Å². The van der Waals surface area contributed by atoms with Gasteiger partial charge in [0.15, 0.2) is 0 Å². The molecule has 0 saturated heterocycles. The second-order valence-corrected chi connectivity index (χ2v) is 6.64. The number of rotatable bonds is 2. The van der Waals surface area contributed by atoms with E-state index in [4.69, 9.17) is 0 Å². The summed E-state index contributed by atoms with van der Waals surface area (Å²) in [7, 11) is 1.53. The number of carboxylic acid groups (broad SMARTS) is 1. The largest absolute Gasteiger partial charge is 0.477 e. The average molecular weight is 335 g/mol. The van der Waals surface area contributed by atoms with E-state index in [0.29, 0.717) is 16.3 Å². The number of hydrogen-bond donors (Lipinski definition) is 1. The first-order valence-electron chi connectivity index (χ1n) is 8.17. The van der Waals surface area contributed by atoms with Crippen molar-refractivity contribution < 1.29 is 9.90 Å². The molecule has 0 unspecified atom stereocenters. The van der Waals surface area contributed by atoms with E-state index in [1.165, 1.54) is 11.6 Å². The van der Waals surface area contributed by atoms with Crippen molar-refractivity contribution in [1.29, 1.82) is 0 Å². The fourth-order valence-electron chi connectivity index (χ4n) is 3.49. The van der Waals surface area contributed by atoms with Gasteiger partial charge in [-0.3, -0.25) is 4.79 Å². The predicted molar refractivity (Wildman–Crippen MR) is 101 cm³/mol. The maximum absolute atomic E-state index is 12.8. The van der Waals surface area contributed by atoms with Gasteiger partial charge < -0.3 is 9.67 Å². The van der Waals surface area contributed by atoms with Crippen molar-refractivity contribution in [1.82, 2.24) is 4.57 Å². The third-order valence-corrected chi connectivity index (χ3v) is 4.94. The molecule has 4 heteroatoms. The molecule has 25 heavy (non-hydrogen) atoms. The van der Waals surface area contributed by atoms with Crippen LogP contribution < -0.4 is 5.56 Å². The van der Waals surface area contributed by atoms with Crippen LogP contribution in [0.5, 0.6) is 0 Å². The van der Waals surface area contributed by atoms with Gasteiger partial charge in [0.25, 0.3) is 5.56 Å². The molecule has 4 nitrogen and oxygen atoms in total. The van der Waals surface area contributed by atoms with Crippen LogP contribution in [0.3, 0.4) is 0 Å². The van der Waals surface area contributed by atoms with Crippen LogP contribution in [0.1, 0.15) is 32.7 Å². The van der Waals surface area contributed by atoms with Crippen LogP contribution in [-0.2, 0) is 7.05 Å². The maximum atomic E-state index is 12.8. The molecule has 0 fully saturated rings. The summed E-state index contributed by atoms with van der Waals surface area (Å²) in [6.45, 7) is 7.86. The molecule has 0 amide bonds. The quantitative estimate of drug-likeness (QED) is 0.766. The Morgan fingerprint density at radius 1 is 0.880 bits per heavy atom. The van der Waals surface area contributed by atoms with Crippen molar-refractivity contribution in [3.63, 3.8) is 0 Å². The van der Waals surface area contributed by atoms with Crippen LogP contribution in [0.25, 0.3) is 21.9 Å². The predicted octanol–water partition coefficient (Wildman–Crippen LogP) is 4.14. The molecule has 0 aliphatic heterocycles. The molecular formula is C21H21NO3. The van der Waals surface area contributed by atoms with Crippen LogP contribution in [-0.4, -0.2) is 15.6 Å². The number of benzene rings is 2. The van der Waals surface area contributed by atoms with Gasteiger partial charge in [-0.1, -0.05) is 24.3 Å². The number of pyridine rings is 1. The number of carboxylic acids is 1. The number of aryl methyl sites for hydroxylation is 4. The van der Waals surface area contributed by atoms with Gasteiger partial charge in [-0.25, -0.2) is 4.79 Å². The van der Waals surface area contributed by atoms with Gasteiger partial charge in [-0.2, -0.15) is 0 Å². The summed E-state index contributed by atoms with van der Waals surface area (Å²) in [4.78, 5) is 24.8. The summed E-state index contributed by atoms with van der Waals surface area (Å²) >= 11 is 0. The Hall–Kier alpha value is -2.88. The highest BCUT2D eigenvalue weighted by Crippen LogP contribution is 2.36. The van der Waals surface area contributed by atoms with Gasteiger partial charge in [0.1, 0.15) is 5.69 Å². The molecule has 0 aliphatic rings. The fraction of sp³-hybridized carbons (Fsp3) is 0.238. The van der Waals surface area contributed by atoms with E-state index in [2.05, 4.69) is 0 Å². The van der Waals surface area contributed by atoms with Gasteiger partial charge >= 0.3 is 5.97 Å². The Morgan fingerprint density at radius 3 is 1.92 bits per heavy atom. The van der Waals surface area contributed by atoms with Crippen LogP contribution in [0.2, 0.25) is 0 Å². The second kappa shape index (κ2) is 5.88. The number of fused-ring (bicyclic) bond motifs is 1. The van der Waals surface area contributed by atoms with E-state index in [-0.39, 0.29) is 11.3 Å². The highest BCUT2D eigenvalue weighted by Gasteiger charge is 2.23. The lowest BCUT2D eigenvalue weighted by Gasteiger charge is -2.19. The highest BCUT2D eigenvalue weighted by atomic mass is 16.4. The zero-order chi connectivity index (χ0) is 18.5. The standard InChI is InChI=1S/C21H21NO3/c1-11-7-6-8-12(2)17(11)18-15-9-13(3)14(4)10-16(15)20(23)22(5)19(18)21(24)25/h6-10H,1-5H3,(H,24,25). The monoisotopic (exact) mass is 335 g/mol. The fourth-order valence-corrected chi connectivity index (χ4v) is 3.49. The number of carbonyl (C=O) groups is 1. The third kappa shape index (κ3) is 2.54. The van der Waals surface area contributed by atoms with E-state index >= 15 is 0 Å². The zero-order valence-corrected chi connectivity index (χ0v) is 15.1. The molecule has 0 bridgehead atoms. The number of aromatic nitrogens is 1. The molecule has 3 rings (SSSR count). The number of nitrogens with zero attached hydrogens (tertiary/aromatic N) is 1. The maximum Gasteiger partial charge on any atom is 0.353 e. The van der Waals surface area contributed by atoms with Crippen molar-refractivity contribution in [2.75, 3.05) is 0 Å². The van der Waals surface area contributed by atoms with Gasteiger partial charge in [0.05, 0.1) is 0 Å². The molecule has 128 valence electrons. The van der Waals surface area contributed by atoms with Crippen molar-refractivity contribution in [3.8, 4) is 11.1 Å². The van der Waals surface area contributed by atoms with Crippen LogP contribution in [0, 0.1) is 27.7 Å². The average Bonchev–Trinajstić information content (AvgIpc) is 2.53. The van der Waals surface area contributed by atoms with Crippen molar-refractivity contribution in [2.45, 2.75) is 27.7 Å². The second-order valence-electron chi connectivity index (χ2n) is 6.64. The summed E-state index contributed by atoms with van der Waals surface area (Å²) in [6.07, 6.45) is 0. The van der Waals surface area contributed by atoms with Gasteiger partial charge in [0, 0.05) is 18.0 Å². The van der Waals surface area contributed by atoms with E-state index in [1.807, 2.05) is 58.0 Å². The van der Waals surface area contributed by atoms with E-state index in [1.54, 1.807) is 0 Å². The Morgan fingerprint density at radius 2 is 1.40 bits per heavy atom. The van der Waals surface area contributed by atoms with E-state index in [9.17, 15) is 14.7 Å². The topological polar surface area (TPSA) is 59.3 Å². The van der Waals surface area contributed by atoms with Gasteiger partial charge in [-0.15, -0.1) is 0 Å². The Bertz CT molecular complexity index is 1070. The molecule has 1 aromatic heterocycles. The molecule has 0 aliphatic carbocycles. The smallest absolute Gasteiger partial charge is 0.353 e. The SMILES string of the molecule is Cc1cc2c(-c3c(C)cccc3C)c(C(=O)O)n(C)c(=O)c2cc1C. The van der Waals surface area contributed by atoms with Crippen molar-refractivity contribution in [2.24, 2.45) is 7.05 Å². The number of hydrogen-bond acceptors (Lipinski definition) is 2. The minimum atomic E-state index is -1.10. The summed E-state index contributed by atoms with van der Waals surface area (Å²) in [5.74, 6) is -1.10. The molecule has 0 radical (unpaired) electrons. The lowest BCUT2D eigenvalue weighted by Crippen LogP contribution is -2.25. The van der Waals surface area contributed by atoms with Crippen LogP contribution >= 0.6 is 0 Å². The van der Waals surface area contributed by atoms with Crippen molar-refractivity contribution >= 4 is 16.7 Å². The zero-order valence-electron chi connectivity index (χ0n) is 15.1. The summed E-state index contributed by atoms with van der Waals surface area (Å²) < 4.78 is 1.25. The van der Waals surface area contributed by atoms with Gasteiger partial charge in [-0.05, 0) is 67.0 Å². The summed E-state index contributed by atoms with van der Waals surface area (Å²) in [6, 6.07) is 9.67. The third-order valence-electron chi connectivity index (χ3n) is 4.94. The van der Waals surface area contributed by atoms with Crippen LogP contribution in [0.15, 0.2) is 35.1 Å². The molecular weight excluding hydrogens is 314 g/mol. The Kier molecular flexibility index (Phi) is 3.99. The normalized spacial score (nSPS) is 11.1. The van der Waals surface area contributed by atoms with E-state index < -0.39 is 5.97 Å². The molecule has 1 heterocycles. The summed E-state index contributed by atoms with van der Waals surface area (Å²) in [5.41, 5.74) is 5.25. The molecule has 3 aromatic rings. The molecule has 2 aromatic carbocycles. The number of aromatic carboxylic acids is 1. The molecule has 1 N–H and O–H groups in total.